The van der Waals surface area contributed by atoms with E-state index in [0.29, 0.717) is 6.04 Å². The average molecular weight is 267 g/mol. The summed E-state index contributed by atoms with van der Waals surface area (Å²) in [5.41, 5.74) is 1.26. The fourth-order valence-corrected chi connectivity index (χ4v) is 2.22. The molecule has 0 radical (unpaired) electrons. The van der Waals surface area contributed by atoms with Crippen molar-refractivity contribution in [1.29, 1.82) is 0 Å². The van der Waals surface area contributed by atoms with Gasteiger partial charge in [-0.3, -0.25) is 0 Å². The van der Waals surface area contributed by atoms with Gasteiger partial charge in [0.25, 0.3) is 0 Å². The minimum absolute atomic E-state index is 0.528. The molecule has 0 aliphatic carbocycles. The summed E-state index contributed by atoms with van der Waals surface area (Å²) in [6.07, 6.45) is 7.72. The highest BCUT2D eigenvalue weighted by Gasteiger charge is 2.09. The Morgan fingerprint density at radius 1 is 1.32 bits per heavy atom. The summed E-state index contributed by atoms with van der Waals surface area (Å²) >= 11 is 0. The minimum atomic E-state index is 0.528. The molecule has 0 aliphatic heterocycles. The first-order valence-electron chi connectivity index (χ1n) is 7.35. The van der Waals surface area contributed by atoms with Gasteiger partial charge in [-0.05, 0) is 19.3 Å². The third-order valence-corrected chi connectivity index (χ3v) is 3.41. The van der Waals surface area contributed by atoms with Gasteiger partial charge in [0.1, 0.15) is 0 Å². The van der Waals surface area contributed by atoms with Crippen LogP contribution in [0.2, 0.25) is 0 Å². The molecule has 0 amide bonds. The Labute approximate surface area is 117 Å². The first-order valence-corrected chi connectivity index (χ1v) is 7.35. The highest BCUT2D eigenvalue weighted by molar-refractivity contribution is 4.99. The summed E-state index contributed by atoms with van der Waals surface area (Å²) in [5.74, 6) is 0.796. The van der Waals surface area contributed by atoms with Crippen molar-refractivity contribution in [2.75, 3.05) is 20.3 Å². The molecule has 1 heterocycles. The van der Waals surface area contributed by atoms with E-state index in [2.05, 4.69) is 35.6 Å². The van der Waals surface area contributed by atoms with Gasteiger partial charge in [0.2, 0.25) is 0 Å². The highest BCUT2D eigenvalue weighted by Crippen LogP contribution is 2.18. The van der Waals surface area contributed by atoms with Gasteiger partial charge in [0, 0.05) is 32.4 Å². The van der Waals surface area contributed by atoms with Gasteiger partial charge in [-0.2, -0.15) is 0 Å². The Hall–Kier alpha value is -0.870. The number of hydrogen-bond acceptors (Lipinski definition) is 3. The number of nitrogens with zero attached hydrogens (tertiary/aromatic N) is 2. The molecule has 1 aromatic rings. The molecule has 0 fully saturated rings. The molecule has 0 saturated heterocycles. The van der Waals surface area contributed by atoms with Crippen molar-refractivity contribution in [2.45, 2.75) is 52.6 Å². The summed E-state index contributed by atoms with van der Waals surface area (Å²) in [5, 5.41) is 3.37. The number of rotatable bonds is 10. The summed E-state index contributed by atoms with van der Waals surface area (Å²) in [6, 6.07) is 0.528. The van der Waals surface area contributed by atoms with Crippen LogP contribution in [0.15, 0.2) is 12.5 Å². The zero-order valence-corrected chi connectivity index (χ0v) is 12.9. The number of methoxy groups -OCH3 is 1. The van der Waals surface area contributed by atoms with Gasteiger partial charge in [-0.1, -0.05) is 26.7 Å². The number of hydrogen-bond donors (Lipinski definition) is 1. The molecule has 1 rings (SSSR count). The van der Waals surface area contributed by atoms with Crippen LogP contribution >= 0.6 is 0 Å². The van der Waals surface area contributed by atoms with E-state index in [1.807, 2.05) is 12.5 Å². The van der Waals surface area contributed by atoms with E-state index in [1.54, 1.807) is 7.11 Å². The van der Waals surface area contributed by atoms with Gasteiger partial charge >= 0.3 is 0 Å². The van der Waals surface area contributed by atoms with Crippen molar-refractivity contribution < 1.29 is 4.74 Å². The SMILES string of the molecule is COCCNCc1cncn1C(C)CCCC(C)C. The maximum atomic E-state index is 5.03. The largest absolute Gasteiger partial charge is 0.383 e. The van der Waals surface area contributed by atoms with Crippen molar-refractivity contribution in [3.63, 3.8) is 0 Å². The molecule has 0 bridgehead atoms. The van der Waals surface area contributed by atoms with E-state index in [9.17, 15) is 0 Å². The fourth-order valence-electron chi connectivity index (χ4n) is 2.22. The Kier molecular flexibility index (Phi) is 7.75. The van der Waals surface area contributed by atoms with Crippen molar-refractivity contribution in [3.8, 4) is 0 Å². The Morgan fingerprint density at radius 2 is 2.11 bits per heavy atom. The van der Waals surface area contributed by atoms with Crippen molar-refractivity contribution in [2.24, 2.45) is 5.92 Å². The van der Waals surface area contributed by atoms with Gasteiger partial charge in [0.05, 0.1) is 18.6 Å². The zero-order valence-electron chi connectivity index (χ0n) is 12.9. The highest BCUT2D eigenvalue weighted by atomic mass is 16.5. The van der Waals surface area contributed by atoms with Crippen LogP contribution in [-0.4, -0.2) is 29.8 Å². The Bertz CT molecular complexity index is 336. The summed E-state index contributed by atoms with van der Waals surface area (Å²) in [4.78, 5) is 4.28. The van der Waals surface area contributed by atoms with Crippen molar-refractivity contribution in [1.82, 2.24) is 14.9 Å². The predicted octanol–water partition coefficient (Wildman–Crippen LogP) is 3.01. The molecule has 4 heteroatoms. The second-order valence-corrected chi connectivity index (χ2v) is 5.64. The van der Waals surface area contributed by atoms with Gasteiger partial charge in [0.15, 0.2) is 0 Å². The molecule has 0 aliphatic rings. The average Bonchev–Trinajstić information content (AvgIpc) is 2.82. The van der Waals surface area contributed by atoms with Crippen LogP contribution in [0.25, 0.3) is 0 Å². The zero-order chi connectivity index (χ0) is 14.1. The normalized spacial score (nSPS) is 13.1. The third-order valence-electron chi connectivity index (χ3n) is 3.41. The lowest BCUT2D eigenvalue weighted by atomic mass is 10.0. The van der Waals surface area contributed by atoms with E-state index in [4.69, 9.17) is 4.74 Å². The van der Waals surface area contributed by atoms with Crippen LogP contribution < -0.4 is 5.32 Å². The molecule has 0 spiro atoms. The van der Waals surface area contributed by atoms with Gasteiger partial charge in [-0.15, -0.1) is 0 Å². The number of nitrogens with one attached hydrogen (secondary N) is 1. The van der Waals surface area contributed by atoms with Crippen LogP contribution in [0.1, 0.15) is 51.8 Å². The first kappa shape index (κ1) is 16.2. The first-order chi connectivity index (χ1) is 9.15. The number of aromatic nitrogens is 2. The fraction of sp³-hybridized carbons (Fsp3) is 0.800. The number of ether oxygens (including phenoxy) is 1. The second-order valence-electron chi connectivity index (χ2n) is 5.64. The molecule has 1 atom stereocenters. The lowest BCUT2D eigenvalue weighted by Gasteiger charge is -2.17. The molecule has 1 aromatic heterocycles. The van der Waals surface area contributed by atoms with Crippen LogP contribution in [0, 0.1) is 5.92 Å². The van der Waals surface area contributed by atoms with E-state index in [1.165, 1.54) is 25.0 Å². The Balaban J connectivity index is 2.37. The molecule has 0 aromatic carbocycles. The van der Waals surface area contributed by atoms with Gasteiger partial charge in [-0.25, -0.2) is 4.98 Å². The van der Waals surface area contributed by atoms with Crippen LogP contribution in [-0.2, 0) is 11.3 Å². The Morgan fingerprint density at radius 3 is 2.79 bits per heavy atom. The summed E-state index contributed by atoms with van der Waals surface area (Å²) < 4.78 is 7.32. The molecular weight excluding hydrogens is 238 g/mol. The third kappa shape index (κ3) is 6.21. The standard InChI is InChI=1S/C15H29N3O/c1-13(2)6-5-7-14(3)18-12-17-11-15(18)10-16-8-9-19-4/h11-14,16H,5-10H2,1-4H3. The van der Waals surface area contributed by atoms with Crippen LogP contribution in [0.3, 0.4) is 0 Å². The molecule has 1 unspecified atom stereocenters. The van der Waals surface area contributed by atoms with Crippen LogP contribution in [0.4, 0.5) is 0 Å². The van der Waals surface area contributed by atoms with Crippen LogP contribution in [0.5, 0.6) is 0 Å². The van der Waals surface area contributed by atoms with E-state index >= 15 is 0 Å². The molecule has 19 heavy (non-hydrogen) atoms. The maximum Gasteiger partial charge on any atom is 0.0951 e. The van der Waals surface area contributed by atoms with E-state index in [-0.39, 0.29) is 0 Å². The lowest BCUT2D eigenvalue weighted by molar-refractivity contribution is 0.199. The topological polar surface area (TPSA) is 39.1 Å². The predicted molar refractivity (Wildman–Crippen MR) is 79.2 cm³/mol. The second kappa shape index (κ2) is 9.10. The summed E-state index contributed by atoms with van der Waals surface area (Å²) in [7, 11) is 1.72. The molecule has 0 saturated carbocycles. The molecular formula is C15H29N3O. The quantitative estimate of drug-likeness (QED) is 0.662. The van der Waals surface area contributed by atoms with Crippen molar-refractivity contribution >= 4 is 0 Å². The maximum absolute atomic E-state index is 5.03. The van der Waals surface area contributed by atoms with E-state index in [0.717, 1.165) is 25.6 Å². The molecule has 110 valence electrons. The monoisotopic (exact) mass is 267 g/mol. The molecule has 4 nitrogen and oxygen atoms in total. The lowest BCUT2D eigenvalue weighted by Crippen LogP contribution is -2.21. The molecule has 1 N–H and O–H groups in total. The minimum Gasteiger partial charge on any atom is -0.383 e. The number of imidazole rings is 1. The van der Waals surface area contributed by atoms with E-state index < -0.39 is 0 Å². The van der Waals surface area contributed by atoms with Gasteiger partial charge < -0.3 is 14.6 Å². The smallest absolute Gasteiger partial charge is 0.0951 e. The van der Waals surface area contributed by atoms with Crippen molar-refractivity contribution in [3.05, 3.63) is 18.2 Å². The summed E-state index contributed by atoms with van der Waals surface area (Å²) in [6.45, 7) is 9.33.